The maximum atomic E-state index is 6.12. The van der Waals surface area contributed by atoms with Crippen molar-refractivity contribution in [2.45, 2.75) is 6.54 Å². The molecule has 3 aromatic rings. The van der Waals surface area contributed by atoms with Gasteiger partial charge >= 0.3 is 0 Å². The summed E-state index contributed by atoms with van der Waals surface area (Å²) in [5.74, 6) is 1.60. The number of benzene rings is 2. The summed E-state index contributed by atoms with van der Waals surface area (Å²) in [4.78, 5) is 4.42. The van der Waals surface area contributed by atoms with Crippen molar-refractivity contribution in [2.75, 3.05) is 7.05 Å². The third kappa shape index (κ3) is 3.06. The Morgan fingerprint density at radius 2 is 1.95 bits per heavy atom. The number of aromatic nitrogens is 1. The number of hydrogen-bond acceptors (Lipinski definition) is 3. The molecule has 0 fully saturated rings. The van der Waals surface area contributed by atoms with Crippen LogP contribution in [0.3, 0.4) is 0 Å². The van der Waals surface area contributed by atoms with Crippen molar-refractivity contribution in [3.05, 3.63) is 64.8 Å². The first-order valence-electron chi connectivity index (χ1n) is 6.72. The Morgan fingerprint density at radius 3 is 2.81 bits per heavy atom. The lowest BCUT2D eigenvalue weighted by Gasteiger charge is -2.13. The number of hydrogen-bond donors (Lipinski definition) is 1. The number of nitrogens with one attached hydrogen (secondary N) is 1. The Bertz CT molecular complexity index is 768. The van der Waals surface area contributed by atoms with Crippen LogP contribution in [0.15, 0.2) is 59.2 Å². The zero-order valence-corrected chi connectivity index (χ0v) is 13.2. The van der Waals surface area contributed by atoms with E-state index in [2.05, 4.69) is 32.3 Å². The largest absolute Gasteiger partial charge is 0.455 e. The van der Waals surface area contributed by atoms with Crippen LogP contribution in [-0.2, 0) is 6.54 Å². The van der Waals surface area contributed by atoms with E-state index in [4.69, 9.17) is 4.74 Å². The average molecular weight is 343 g/mol. The van der Waals surface area contributed by atoms with Gasteiger partial charge in [-0.2, -0.15) is 0 Å². The highest BCUT2D eigenvalue weighted by molar-refractivity contribution is 9.10. The zero-order chi connectivity index (χ0) is 14.7. The molecule has 1 heterocycles. The molecule has 1 N–H and O–H groups in total. The molecule has 3 nitrogen and oxygen atoms in total. The van der Waals surface area contributed by atoms with Crippen LogP contribution in [0.2, 0.25) is 0 Å². The second-order valence-corrected chi connectivity index (χ2v) is 5.63. The normalized spacial score (nSPS) is 10.8. The molecule has 0 aliphatic carbocycles. The number of fused-ring (bicyclic) bond motifs is 1. The molecule has 0 amide bonds. The molecule has 0 bridgehead atoms. The van der Waals surface area contributed by atoms with Crippen molar-refractivity contribution in [1.82, 2.24) is 10.3 Å². The molecule has 1 aromatic heterocycles. The molecule has 106 valence electrons. The molecule has 4 heteroatoms. The Morgan fingerprint density at radius 1 is 1.10 bits per heavy atom. The fraction of sp³-hybridized carbons (Fsp3) is 0.118. The first-order chi connectivity index (χ1) is 10.3. The van der Waals surface area contributed by atoms with Crippen LogP contribution in [0.4, 0.5) is 0 Å². The van der Waals surface area contributed by atoms with Crippen molar-refractivity contribution >= 4 is 26.8 Å². The molecule has 3 rings (SSSR count). The maximum absolute atomic E-state index is 6.12. The molecule has 0 atom stereocenters. The van der Waals surface area contributed by atoms with Crippen LogP contribution in [0.25, 0.3) is 10.9 Å². The van der Waals surface area contributed by atoms with E-state index in [-0.39, 0.29) is 0 Å². The molecule has 0 saturated heterocycles. The lowest BCUT2D eigenvalue weighted by atomic mass is 10.2. The Labute approximate surface area is 132 Å². The summed E-state index contributed by atoms with van der Waals surface area (Å²) < 4.78 is 7.11. The van der Waals surface area contributed by atoms with Crippen molar-refractivity contribution in [1.29, 1.82) is 0 Å². The van der Waals surface area contributed by atoms with E-state index < -0.39 is 0 Å². The number of para-hydroxylation sites is 1. The number of nitrogens with zero attached hydrogens (tertiary/aromatic N) is 1. The summed E-state index contributed by atoms with van der Waals surface area (Å²) in [6.07, 6.45) is 1.78. The minimum Gasteiger partial charge on any atom is -0.455 e. The highest BCUT2D eigenvalue weighted by atomic mass is 79.9. The van der Waals surface area contributed by atoms with Crippen LogP contribution in [-0.4, -0.2) is 12.0 Å². The fourth-order valence-corrected chi connectivity index (χ4v) is 2.58. The average Bonchev–Trinajstić information content (AvgIpc) is 2.50. The van der Waals surface area contributed by atoms with Crippen LogP contribution in [0.1, 0.15) is 5.56 Å². The summed E-state index contributed by atoms with van der Waals surface area (Å²) in [5.41, 5.74) is 1.98. The molecule has 0 saturated carbocycles. The molecule has 0 radical (unpaired) electrons. The summed E-state index contributed by atoms with van der Waals surface area (Å²) >= 11 is 3.49. The van der Waals surface area contributed by atoms with Crippen molar-refractivity contribution < 1.29 is 4.74 Å². The van der Waals surface area contributed by atoms with Gasteiger partial charge in [-0.1, -0.05) is 40.2 Å². The number of rotatable bonds is 4. The van der Waals surface area contributed by atoms with Crippen molar-refractivity contribution in [2.24, 2.45) is 0 Å². The van der Waals surface area contributed by atoms with Gasteiger partial charge < -0.3 is 10.1 Å². The summed E-state index contributed by atoms with van der Waals surface area (Å²) in [6.45, 7) is 0.751. The van der Waals surface area contributed by atoms with E-state index in [1.165, 1.54) is 0 Å². The van der Waals surface area contributed by atoms with Crippen molar-refractivity contribution in [3.63, 3.8) is 0 Å². The van der Waals surface area contributed by atoms with Gasteiger partial charge in [0.05, 0.1) is 0 Å². The first-order valence-corrected chi connectivity index (χ1v) is 7.52. The Kier molecular flexibility index (Phi) is 4.18. The van der Waals surface area contributed by atoms with Gasteiger partial charge in [-0.25, -0.2) is 0 Å². The summed E-state index contributed by atoms with van der Waals surface area (Å²) in [5, 5.41) is 4.23. The number of halogens is 1. The van der Waals surface area contributed by atoms with E-state index in [1.807, 2.05) is 49.5 Å². The van der Waals surface area contributed by atoms with Crippen LogP contribution < -0.4 is 10.1 Å². The molecule has 2 aromatic carbocycles. The lowest BCUT2D eigenvalue weighted by molar-refractivity contribution is 0.478. The van der Waals surface area contributed by atoms with Crippen LogP contribution in [0.5, 0.6) is 11.5 Å². The predicted octanol–water partition coefficient (Wildman–Crippen LogP) is 4.51. The number of ether oxygens (including phenoxy) is 1. The number of pyridine rings is 1. The minimum absolute atomic E-state index is 0.751. The third-order valence-electron chi connectivity index (χ3n) is 3.21. The van der Waals surface area contributed by atoms with Gasteiger partial charge in [0.1, 0.15) is 11.3 Å². The highest BCUT2D eigenvalue weighted by Crippen LogP contribution is 2.32. The third-order valence-corrected chi connectivity index (χ3v) is 3.71. The summed E-state index contributed by atoms with van der Waals surface area (Å²) in [7, 11) is 1.92. The second kappa shape index (κ2) is 6.24. The van der Waals surface area contributed by atoms with Gasteiger partial charge in [0, 0.05) is 28.2 Å². The smallest absolute Gasteiger partial charge is 0.153 e. The van der Waals surface area contributed by atoms with Gasteiger partial charge in [0.25, 0.3) is 0 Å². The lowest BCUT2D eigenvalue weighted by Crippen LogP contribution is -2.06. The van der Waals surface area contributed by atoms with E-state index in [9.17, 15) is 0 Å². The molecule has 0 unspecified atom stereocenters. The van der Waals surface area contributed by atoms with Gasteiger partial charge in [-0.3, -0.25) is 4.98 Å². The highest BCUT2D eigenvalue weighted by Gasteiger charge is 2.08. The monoisotopic (exact) mass is 342 g/mol. The van der Waals surface area contributed by atoms with Gasteiger partial charge in [-0.05, 0) is 31.3 Å². The standard InChI is InChI=1S/C17H15BrN2O/c1-19-11-13-7-8-14(18)10-16(13)21-15-6-2-4-12-5-3-9-20-17(12)15/h2-10,19H,11H2,1H3. The van der Waals surface area contributed by atoms with E-state index in [0.717, 1.165) is 39.0 Å². The summed E-state index contributed by atoms with van der Waals surface area (Å²) in [6, 6.07) is 16.0. The predicted molar refractivity (Wildman–Crippen MR) is 88.7 cm³/mol. The van der Waals surface area contributed by atoms with Gasteiger partial charge in [0.15, 0.2) is 5.75 Å². The minimum atomic E-state index is 0.751. The topological polar surface area (TPSA) is 34.1 Å². The van der Waals surface area contributed by atoms with Gasteiger partial charge in [0.2, 0.25) is 0 Å². The molecule has 0 spiro atoms. The Balaban J connectivity index is 2.04. The molecular formula is C17H15BrN2O. The molecule has 0 aliphatic rings. The Hall–Kier alpha value is -1.91. The van der Waals surface area contributed by atoms with E-state index >= 15 is 0 Å². The first kappa shape index (κ1) is 14.0. The zero-order valence-electron chi connectivity index (χ0n) is 11.6. The molecular weight excluding hydrogens is 328 g/mol. The van der Waals surface area contributed by atoms with Gasteiger partial charge in [-0.15, -0.1) is 0 Å². The van der Waals surface area contributed by atoms with E-state index in [1.54, 1.807) is 6.20 Å². The molecule has 21 heavy (non-hydrogen) atoms. The van der Waals surface area contributed by atoms with Crippen LogP contribution >= 0.6 is 15.9 Å². The quantitative estimate of drug-likeness (QED) is 0.757. The second-order valence-electron chi connectivity index (χ2n) is 4.72. The van der Waals surface area contributed by atoms with Crippen LogP contribution in [0, 0.1) is 0 Å². The van der Waals surface area contributed by atoms with E-state index in [0.29, 0.717) is 0 Å². The maximum Gasteiger partial charge on any atom is 0.153 e. The molecule has 0 aliphatic heterocycles. The fourth-order valence-electron chi connectivity index (χ4n) is 2.24. The van der Waals surface area contributed by atoms with Crippen molar-refractivity contribution in [3.8, 4) is 11.5 Å². The SMILES string of the molecule is CNCc1ccc(Br)cc1Oc1cccc2cccnc12.